The molecule has 2 aliphatic heterocycles. The third-order valence-electron chi connectivity index (χ3n) is 5.47. The van der Waals surface area contributed by atoms with Crippen LogP contribution in [0.4, 0.5) is 5.82 Å². The molecule has 162 valence electrons. The molecule has 0 radical (unpaired) electrons. The van der Waals surface area contributed by atoms with Crippen LogP contribution in [-0.4, -0.2) is 99.9 Å². The molecule has 0 aliphatic carbocycles. The van der Waals surface area contributed by atoms with Crippen LogP contribution in [0.2, 0.25) is 0 Å². The van der Waals surface area contributed by atoms with Crippen LogP contribution in [0.1, 0.15) is 18.9 Å². The summed E-state index contributed by atoms with van der Waals surface area (Å²) in [6.07, 6.45) is 2.99. The Balaban J connectivity index is 1.51. The molecule has 2 fully saturated rings. The molecule has 3 heterocycles. The number of aliphatic imine (C=N–C) groups is 1. The van der Waals surface area contributed by atoms with Crippen molar-refractivity contribution in [1.82, 2.24) is 25.4 Å². The van der Waals surface area contributed by atoms with Crippen LogP contribution in [0, 0.1) is 0 Å². The number of rotatable bonds is 8. The molecule has 2 N–H and O–H groups in total. The van der Waals surface area contributed by atoms with E-state index in [0.29, 0.717) is 6.54 Å². The van der Waals surface area contributed by atoms with Crippen LogP contribution in [0.5, 0.6) is 0 Å². The highest BCUT2D eigenvalue weighted by Crippen LogP contribution is 2.19. The van der Waals surface area contributed by atoms with Gasteiger partial charge in [-0.3, -0.25) is 4.90 Å². The van der Waals surface area contributed by atoms with E-state index in [1.807, 2.05) is 12.3 Å². The number of morpholine rings is 1. The zero-order valence-electron chi connectivity index (χ0n) is 18.1. The van der Waals surface area contributed by atoms with Gasteiger partial charge in [0.05, 0.1) is 19.8 Å². The van der Waals surface area contributed by atoms with E-state index in [1.165, 1.54) is 5.56 Å². The Bertz CT molecular complexity index is 625. The molecule has 0 saturated carbocycles. The maximum atomic E-state index is 5.41. The number of anilines is 1. The second-order valence-corrected chi connectivity index (χ2v) is 7.71. The predicted molar refractivity (Wildman–Crippen MR) is 119 cm³/mol. The van der Waals surface area contributed by atoms with E-state index in [9.17, 15) is 0 Å². The molecule has 2 saturated heterocycles. The maximum absolute atomic E-state index is 5.41. The summed E-state index contributed by atoms with van der Waals surface area (Å²) in [7, 11) is 2.17. The molecule has 0 bridgehead atoms. The van der Waals surface area contributed by atoms with Gasteiger partial charge in [-0.15, -0.1) is 0 Å². The first kappa shape index (κ1) is 21.8. The minimum atomic E-state index is 0.633. The molecular weight excluding hydrogens is 366 g/mol. The Kier molecular flexibility index (Phi) is 8.98. The van der Waals surface area contributed by atoms with E-state index >= 15 is 0 Å². The van der Waals surface area contributed by atoms with Crippen molar-refractivity contribution < 1.29 is 4.74 Å². The molecule has 29 heavy (non-hydrogen) atoms. The monoisotopic (exact) mass is 403 g/mol. The molecule has 2 aliphatic rings. The van der Waals surface area contributed by atoms with E-state index in [-0.39, 0.29) is 0 Å². The van der Waals surface area contributed by atoms with Gasteiger partial charge < -0.3 is 25.2 Å². The normalized spacial score (nSPS) is 19.4. The van der Waals surface area contributed by atoms with Crippen LogP contribution in [-0.2, 0) is 11.3 Å². The summed E-state index contributed by atoms with van der Waals surface area (Å²) >= 11 is 0. The van der Waals surface area contributed by atoms with Gasteiger partial charge in [-0.1, -0.05) is 6.07 Å². The molecule has 0 unspecified atom stereocenters. The number of piperazine rings is 1. The summed E-state index contributed by atoms with van der Waals surface area (Å²) in [5, 5.41) is 6.84. The summed E-state index contributed by atoms with van der Waals surface area (Å²) in [5.41, 5.74) is 1.18. The van der Waals surface area contributed by atoms with E-state index in [1.54, 1.807) is 0 Å². The van der Waals surface area contributed by atoms with Crippen molar-refractivity contribution in [3.05, 3.63) is 23.9 Å². The highest BCUT2D eigenvalue weighted by Gasteiger charge is 2.17. The Morgan fingerprint density at radius 3 is 2.69 bits per heavy atom. The zero-order chi connectivity index (χ0) is 20.3. The number of hydrogen-bond donors (Lipinski definition) is 2. The maximum Gasteiger partial charge on any atom is 0.191 e. The van der Waals surface area contributed by atoms with Crippen molar-refractivity contribution in [3.8, 4) is 0 Å². The molecule has 1 aromatic heterocycles. The lowest BCUT2D eigenvalue weighted by Gasteiger charge is -2.34. The third kappa shape index (κ3) is 7.13. The topological polar surface area (TPSA) is 68.3 Å². The number of nitrogens with one attached hydrogen (secondary N) is 2. The van der Waals surface area contributed by atoms with Crippen molar-refractivity contribution in [3.63, 3.8) is 0 Å². The first-order chi connectivity index (χ1) is 14.3. The van der Waals surface area contributed by atoms with Crippen molar-refractivity contribution in [2.45, 2.75) is 19.9 Å². The molecule has 3 rings (SSSR count). The minimum Gasteiger partial charge on any atom is -0.379 e. The molecule has 8 nitrogen and oxygen atoms in total. The smallest absolute Gasteiger partial charge is 0.191 e. The summed E-state index contributed by atoms with van der Waals surface area (Å²) in [6.45, 7) is 13.6. The van der Waals surface area contributed by atoms with E-state index in [4.69, 9.17) is 9.73 Å². The van der Waals surface area contributed by atoms with Crippen LogP contribution in [0.3, 0.4) is 0 Å². The van der Waals surface area contributed by atoms with Crippen LogP contribution in [0.15, 0.2) is 23.3 Å². The van der Waals surface area contributed by atoms with Gasteiger partial charge in [0.2, 0.25) is 0 Å². The van der Waals surface area contributed by atoms with Gasteiger partial charge in [-0.05, 0) is 33.0 Å². The summed E-state index contributed by atoms with van der Waals surface area (Å²) in [4.78, 5) is 16.7. The number of ether oxygens (including phenoxy) is 1. The zero-order valence-corrected chi connectivity index (χ0v) is 18.1. The molecule has 0 atom stereocenters. The van der Waals surface area contributed by atoms with Crippen LogP contribution < -0.4 is 15.5 Å². The lowest BCUT2D eigenvalue weighted by molar-refractivity contribution is 0.0376. The molecule has 0 spiro atoms. The number of likely N-dealkylation sites (N-methyl/N-ethyl adjacent to an activating group) is 1. The molecule has 8 heteroatoms. The molecule has 1 aromatic rings. The van der Waals surface area contributed by atoms with Gasteiger partial charge in [-0.2, -0.15) is 0 Å². The van der Waals surface area contributed by atoms with Crippen molar-refractivity contribution in [2.75, 3.05) is 84.1 Å². The number of pyridine rings is 1. The van der Waals surface area contributed by atoms with Gasteiger partial charge in [0, 0.05) is 64.1 Å². The van der Waals surface area contributed by atoms with Crippen LogP contribution >= 0.6 is 0 Å². The van der Waals surface area contributed by atoms with Crippen molar-refractivity contribution in [1.29, 1.82) is 0 Å². The van der Waals surface area contributed by atoms with Gasteiger partial charge >= 0.3 is 0 Å². The quantitative estimate of drug-likeness (QED) is 0.374. The fourth-order valence-corrected chi connectivity index (χ4v) is 3.70. The minimum absolute atomic E-state index is 0.633. The lowest BCUT2D eigenvalue weighted by Crippen LogP contribution is -2.45. The van der Waals surface area contributed by atoms with E-state index in [2.05, 4.69) is 50.4 Å². The fraction of sp³-hybridized carbons (Fsp3) is 0.714. The van der Waals surface area contributed by atoms with Gasteiger partial charge in [0.25, 0.3) is 0 Å². The number of hydrogen-bond acceptors (Lipinski definition) is 6. The van der Waals surface area contributed by atoms with Crippen LogP contribution in [0.25, 0.3) is 0 Å². The Morgan fingerprint density at radius 2 is 1.93 bits per heavy atom. The Labute approximate surface area is 175 Å². The van der Waals surface area contributed by atoms with Crippen molar-refractivity contribution in [2.24, 2.45) is 4.99 Å². The van der Waals surface area contributed by atoms with E-state index in [0.717, 1.165) is 90.3 Å². The Morgan fingerprint density at radius 1 is 1.14 bits per heavy atom. The second kappa shape index (κ2) is 11.9. The number of aromatic nitrogens is 1. The van der Waals surface area contributed by atoms with E-state index < -0.39 is 0 Å². The largest absolute Gasteiger partial charge is 0.379 e. The molecule has 0 aromatic carbocycles. The Hall–Kier alpha value is -1.90. The first-order valence-corrected chi connectivity index (χ1v) is 11.0. The first-order valence-electron chi connectivity index (χ1n) is 11.0. The average molecular weight is 404 g/mol. The highest BCUT2D eigenvalue weighted by molar-refractivity contribution is 5.79. The van der Waals surface area contributed by atoms with Gasteiger partial charge in [-0.25, -0.2) is 9.98 Å². The predicted octanol–water partition coefficient (Wildman–Crippen LogP) is 0.611. The number of nitrogens with zero attached hydrogens (tertiary/aromatic N) is 5. The summed E-state index contributed by atoms with van der Waals surface area (Å²) in [5.74, 6) is 1.95. The van der Waals surface area contributed by atoms with Gasteiger partial charge in [0.15, 0.2) is 5.96 Å². The third-order valence-corrected chi connectivity index (χ3v) is 5.47. The number of guanidine groups is 1. The van der Waals surface area contributed by atoms with Gasteiger partial charge in [0.1, 0.15) is 5.82 Å². The fourth-order valence-electron chi connectivity index (χ4n) is 3.70. The second-order valence-electron chi connectivity index (χ2n) is 7.71. The molecular formula is C21H37N7O. The summed E-state index contributed by atoms with van der Waals surface area (Å²) < 4.78 is 5.41. The highest BCUT2D eigenvalue weighted by atomic mass is 16.5. The lowest BCUT2D eigenvalue weighted by atomic mass is 10.2. The standard InChI is InChI=1S/C21H37N7O/c1-3-22-21(24-8-5-9-27-14-16-29-17-15-27)25-18-19-6-4-7-23-20(19)28-12-10-26(2)11-13-28/h4,6-7H,3,5,8-18H2,1-2H3,(H2,22,24,25). The average Bonchev–Trinajstić information content (AvgIpc) is 2.76. The van der Waals surface area contributed by atoms with Crippen molar-refractivity contribution >= 4 is 11.8 Å². The SMILES string of the molecule is CCNC(=NCc1cccnc1N1CCN(C)CC1)NCCCN1CCOCC1. The summed E-state index contributed by atoms with van der Waals surface area (Å²) in [6, 6.07) is 4.15. The molecule has 0 amide bonds.